The molecule has 3 aromatic rings. The van der Waals surface area contributed by atoms with Gasteiger partial charge in [-0.2, -0.15) is 5.26 Å². The summed E-state index contributed by atoms with van der Waals surface area (Å²) >= 11 is 1.55. The summed E-state index contributed by atoms with van der Waals surface area (Å²) in [6.07, 6.45) is 0. The van der Waals surface area contributed by atoms with Crippen LogP contribution in [0.15, 0.2) is 58.5 Å². The van der Waals surface area contributed by atoms with Crippen LogP contribution in [0.2, 0.25) is 0 Å². The molecule has 1 aromatic heterocycles. The SMILES string of the molecule is Cc1cc(C)c(C#N)c(Sc2ccc3ccccc3c2)n1. The number of aryl methyl sites for hydroxylation is 2. The first-order chi connectivity index (χ1) is 10.2. The molecule has 0 aliphatic rings. The number of benzene rings is 2. The van der Waals surface area contributed by atoms with Gasteiger partial charge in [-0.25, -0.2) is 4.98 Å². The van der Waals surface area contributed by atoms with Crippen molar-refractivity contribution in [3.05, 3.63) is 65.4 Å². The number of nitrogens with zero attached hydrogens (tertiary/aromatic N) is 2. The lowest BCUT2D eigenvalue weighted by molar-refractivity contribution is 1.03. The van der Waals surface area contributed by atoms with Crippen LogP contribution in [0.1, 0.15) is 16.8 Å². The first-order valence-electron chi connectivity index (χ1n) is 6.72. The molecule has 3 rings (SSSR count). The Kier molecular flexibility index (Phi) is 3.64. The lowest BCUT2D eigenvalue weighted by Gasteiger charge is -2.08. The molecule has 102 valence electrons. The predicted octanol–water partition coefficient (Wildman–Crippen LogP) is 4.87. The summed E-state index contributed by atoms with van der Waals surface area (Å²) in [7, 11) is 0. The van der Waals surface area contributed by atoms with Crippen molar-refractivity contribution < 1.29 is 0 Å². The molecule has 1 heterocycles. The van der Waals surface area contributed by atoms with Crippen LogP contribution in [0.3, 0.4) is 0 Å². The van der Waals surface area contributed by atoms with Gasteiger partial charge in [-0.05, 0) is 48.4 Å². The van der Waals surface area contributed by atoms with Gasteiger partial charge in [0, 0.05) is 10.6 Å². The molecule has 0 aliphatic heterocycles. The first kappa shape index (κ1) is 13.7. The summed E-state index contributed by atoms with van der Waals surface area (Å²) in [5.41, 5.74) is 2.59. The van der Waals surface area contributed by atoms with Crippen molar-refractivity contribution in [2.45, 2.75) is 23.8 Å². The number of rotatable bonds is 2. The Hall–Kier alpha value is -2.31. The molecular weight excluding hydrogens is 276 g/mol. The maximum Gasteiger partial charge on any atom is 0.119 e. The van der Waals surface area contributed by atoms with Gasteiger partial charge in [0.15, 0.2) is 0 Å². The normalized spacial score (nSPS) is 10.5. The minimum atomic E-state index is 0.666. The van der Waals surface area contributed by atoms with Crippen LogP contribution >= 0.6 is 11.8 Å². The van der Waals surface area contributed by atoms with Crippen LogP contribution in [0.4, 0.5) is 0 Å². The number of pyridine rings is 1. The van der Waals surface area contributed by atoms with E-state index in [-0.39, 0.29) is 0 Å². The van der Waals surface area contributed by atoms with Gasteiger partial charge in [0.2, 0.25) is 0 Å². The van der Waals surface area contributed by atoms with E-state index in [0.717, 1.165) is 21.2 Å². The highest BCUT2D eigenvalue weighted by atomic mass is 32.2. The summed E-state index contributed by atoms with van der Waals surface area (Å²) in [6.45, 7) is 3.91. The summed E-state index contributed by atoms with van der Waals surface area (Å²) in [4.78, 5) is 5.62. The van der Waals surface area contributed by atoms with Gasteiger partial charge in [-0.3, -0.25) is 0 Å². The standard InChI is InChI=1S/C18H14N2S/c1-12-9-13(2)20-18(17(12)11-19)21-16-8-7-14-5-3-4-6-15(14)10-16/h3-10H,1-2H3. The minimum absolute atomic E-state index is 0.666. The third-order valence-electron chi connectivity index (χ3n) is 3.36. The summed E-state index contributed by atoms with van der Waals surface area (Å²) in [6, 6.07) is 18.8. The Morgan fingerprint density at radius 2 is 1.76 bits per heavy atom. The van der Waals surface area contributed by atoms with E-state index >= 15 is 0 Å². The van der Waals surface area contributed by atoms with Crippen molar-refractivity contribution in [2.75, 3.05) is 0 Å². The number of hydrogen-bond acceptors (Lipinski definition) is 3. The van der Waals surface area contributed by atoms with Crippen molar-refractivity contribution in [1.29, 1.82) is 5.26 Å². The third-order valence-corrected chi connectivity index (χ3v) is 4.34. The van der Waals surface area contributed by atoms with Gasteiger partial charge >= 0.3 is 0 Å². The lowest BCUT2D eigenvalue weighted by Crippen LogP contribution is -1.94. The monoisotopic (exact) mass is 290 g/mol. The second-order valence-electron chi connectivity index (χ2n) is 4.98. The van der Waals surface area contributed by atoms with E-state index in [1.165, 1.54) is 10.8 Å². The second-order valence-corrected chi connectivity index (χ2v) is 6.05. The zero-order valence-electron chi connectivity index (χ0n) is 11.9. The first-order valence-corrected chi connectivity index (χ1v) is 7.54. The fraction of sp³-hybridized carbons (Fsp3) is 0.111. The van der Waals surface area contributed by atoms with Crippen molar-refractivity contribution in [2.24, 2.45) is 0 Å². The lowest BCUT2D eigenvalue weighted by atomic mass is 10.1. The number of aromatic nitrogens is 1. The zero-order chi connectivity index (χ0) is 14.8. The minimum Gasteiger partial charge on any atom is -0.245 e. The van der Waals surface area contributed by atoms with Crippen molar-refractivity contribution >= 4 is 22.5 Å². The largest absolute Gasteiger partial charge is 0.245 e. The highest BCUT2D eigenvalue weighted by Crippen LogP contribution is 2.32. The van der Waals surface area contributed by atoms with Crippen molar-refractivity contribution in [3.8, 4) is 6.07 Å². The van der Waals surface area contributed by atoms with Crippen LogP contribution < -0.4 is 0 Å². The van der Waals surface area contributed by atoms with E-state index in [2.05, 4.69) is 41.4 Å². The fourth-order valence-corrected chi connectivity index (χ4v) is 3.40. The molecule has 0 spiro atoms. The van der Waals surface area contributed by atoms with Crippen LogP contribution in [-0.2, 0) is 0 Å². The second kappa shape index (κ2) is 5.59. The Morgan fingerprint density at radius 1 is 1.00 bits per heavy atom. The van der Waals surface area contributed by atoms with E-state index < -0.39 is 0 Å². The molecule has 3 heteroatoms. The molecular formula is C18H14N2S. The molecule has 0 saturated carbocycles. The molecule has 2 aromatic carbocycles. The van der Waals surface area contributed by atoms with Crippen molar-refractivity contribution in [1.82, 2.24) is 4.98 Å². The Morgan fingerprint density at radius 3 is 2.52 bits per heavy atom. The number of fused-ring (bicyclic) bond motifs is 1. The molecule has 0 aliphatic carbocycles. The van der Waals surface area contributed by atoms with E-state index in [0.29, 0.717) is 5.56 Å². The van der Waals surface area contributed by atoms with Gasteiger partial charge < -0.3 is 0 Å². The zero-order valence-corrected chi connectivity index (χ0v) is 12.7. The Labute approximate surface area is 128 Å². The molecule has 2 nitrogen and oxygen atoms in total. The van der Waals surface area contributed by atoms with Gasteiger partial charge in [0.25, 0.3) is 0 Å². The summed E-state index contributed by atoms with van der Waals surface area (Å²) in [5, 5.41) is 12.5. The Balaban J connectivity index is 2.04. The highest BCUT2D eigenvalue weighted by molar-refractivity contribution is 7.99. The summed E-state index contributed by atoms with van der Waals surface area (Å²) in [5.74, 6) is 0. The molecule has 21 heavy (non-hydrogen) atoms. The maximum absolute atomic E-state index is 9.34. The van der Waals surface area contributed by atoms with E-state index in [9.17, 15) is 5.26 Å². The molecule has 0 atom stereocenters. The van der Waals surface area contributed by atoms with E-state index in [4.69, 9.17) is 0 Å². The molecule has 0 radical (unpaired) electrons. The number of nitriles is 1. The van der Waals surface area contributed by atoms with Crippen LogP contribution in [0, 0.1) is 25.2 Å². The smallest absolute Gasteiger partial charge is 0.119 e. The van der Waals surface area contributed by atoms with Crippen LogP contribution in [0.25, 0.3) is 10.8 Å². The van der Waals surface area contributed by atoms with Crippen LogP contribution in [0.5, 0.6) is 0 Å². The third kappa shape index (κ3) is 2.76. The van der Waals surface area contributed by atoms with Crippen molar-refractivity contribution in [3.63, 3.8) is 0 Å². The van der Waals surface area contributed by atoms with Gasteiger partial charge in [0.05, 0.1) is 5.56 Å². The highest BCUT2D eigenvalue weighted by Gasteiger charge is 2.10. The van der Waals surface area contributed by atoms with E-state index in [1.54, 1.807) is 11.8 Å². The molecule has 0 amide bonds. The quantitative estimate of drug-likeness (QED) is 0.675. The number of hydrogen-bond donors (Lipinski definition) is 0. The average Bonchev–Trinajstić information content (AvgIpc) is 2.47. The van der Waals surface area contributed by atoms with E-state index in [1.807, 2.05) is 32.0 Å². The Bertz CT molecular complexity index is 863. The molecule has 0 bridgehead atoms. The average molecular weight is 290 g/mol. The predicted molar refractivity (Wildman–Crippen MR) is 86.5 cm³/mol. The summed E-state index contributed by atoms with van der Waals surface area (Å²) < 4.78 is 0. The molecule has 0 fully saturated rings. The van der Waals surface area contributed by atoms with Crippen LogP contribution in [-0.4, -0.2) is 4.98 Å². The molecule has 0 saturated heterocycles. The fourth-order valence-electron chi connectivity index (χ4n) is 2.35. The molecule has 0 N–H and O–H groups in total. The van der Waals surface area contributed by atoms with Gasteiger partial charge in [0.1, 0.15) is 11.1 Å². The van der Waals surface area contributed by atoms with Gasteiger partial charge in [-0.1, -0.05) is 42.1 Å². The molecule has 0 unspecified atom stereocenters. The topological polar surface area (TPSA) is 36.7 Å². The van der Waals surface area contributed by atoms with Gasteiger partial charge in [-0.15, -0.1) is 0 Å². The maximum atomic E-state index is 9.34.